The number of hydrogen-bond donors (Lipinski definition) is 0. The fraction of sp³-hybridized carbons (Fsp3) is 0.381. The van der Waals surface area contributed by atoms with Crippen LogP contribution in [0.4, 0.5) is 0 Å². The van der Waals surface area contributed by atoms with Gasteiger partial charge in [-0.25, -0.2) is 0 Å². The molecule has 0 aliphatic carbocycles. The van der Waals surface area contributed by atoms with E-state index in [0.29, 0.717) is 6.42 Å². The molecule has 2 heteroatoms. The van der Waals surface area contributed by atoms with Crippen molar-refractivity contribution in [3.8, 4) is 0 Å². The van der Waals surface area contributed by atoms with Crippen LogP contribution in [0.5, 0.6) is 0 Å². The molecular weight excluding hydrogens is 282 g/mol. The number of benzene rings is 2. The van der Waals surface area contributed by atoms with Crippen molar-refractivity contribution >= 4 is 5.91 Å². The van der Waals surface area contributed by atoms with Crippen LogP contribution in [0.25, 0.3) is 0 Å². The number of carbonyl (C=O) groups is 1. The van der Waals surface area contributed by atoms with Gasteiger partial charge in [0, 0.05) is 13.0 Å². The number of likely N-dealkylation sites (tertiary alicyclic amines) is 1. The Morgan fingerprint density at radius 3 is 2.48 bits per heavy atom. The van der Waals surface area contributed by atoms with Crippen LogP contribution in [0.15, 0.2) is 48.5 Å². The van der Waals surface area contributed by atoms with Gasteiger partial charge in [0.2, 0.25) is 5.91 Å². The third-order valence-electron chi connectivity index (χ3n) is 4.67. The number of amides is 1. The van der Waals surface area contributed by atoms with Gasteiger partial charge in [0.15, 0.2) is 0 Å². The molecule has 1 amide bonds. The summed E-state index contributed by atoms with van der Waals surface area (Å²) in [7, 11) is 0. The van der Waals surface area contributed by atoms with Gasteiger partial charge in [-0.2, -0.15) is 0 Å². The summed E-state index contributed by atoms with van der Waals surface area (Å²) in [6.07, 6.45) is 3.62. The lowest BCUT2D eigenvalue weighted by Gasteiger charge is -2.26. The van der Waals surface area contributed by atoms with Crippen molar-refractivity contribution in [1.82, 2.24) is 4.90 Å². The summed E-state index contributed by atoms with van der Waals surface area (Å²) in [5.41, 5.74) is 5.10. The first kappa shape index (κ1) is 15.8. The van der Waals surface area contributed by atoms with E-state index in [0.717, 1.165) is 25.8 Å². The number of carbonyl (C=O) groups excluding carboxylic acids is 1. The van der Waals surface area contributed by atoms with Gasteiger partial charge in [-0.15, -0.1) is 0 Å². The number of nitrogens with zero attached hydrogens (tertiary/aromatic N) is 1. The maximum atomic E-state index is 12.7. The van der Waals surface area contributed by atoms with Crippen molar-refractivity contribution < 1.29 is 4.79 Å². The highest BCUT2D eigenvalue weighted by Crippen LogP contribution is 2.33. The predicted octanol–water partition coefficient (Wildman–Crippen LogP) is 4.60. The second-order valence-electron chi connectivity index (χ2n) is 6.65. The lowest BCUT2D eigenvalue weighted by molar-refractivity contribution is -0.132. The molecule has 120 valence electrons. The number of aryl methyl sites for hydroxylation is 3. The van der Waals surface area contributed by atoms with Crippen LogP contribution in [0, 0.1) is 13.8 Å². The van der Waals surface area contributed by atoms with E-state index in [9.17, 15) is 4.79 Å². The zero-order valence-corrected chi connectivity index (χ0v) is 14.1. The Balaban J connectivity index is 1.69. The molecule has 2 aromatic rings. The molecule has 0 bridgehead atoms. The van der Waals surface area contributed by atoms with Crippen LogP contribution in [-0.2, 0) is 11.2 Å². The molecule has 0 N–H and O–H groups in total. The molecule has 1 saturated heterocycles. The van der Waals surface area contributed by atoms with Crippen molar-refractivity contribution in [2.75, 3.05) is 6.54 Å². The van der Waals surface area contributed by atoms with Crippen molar-refractivity contribution in [1.29, 1.82) is 0 Å². The summed E-state index contributed by atoms with van der Waals surface area (Å²) in [6, 6.07) is 17.2. The zero-order chi connectivity index (χ0) is 16.2. The number of rotatable bonds is 4. The lowest BCUT2D eigenvalue weighted by atomic mass is 9.99. The summed E-state index contributed by atoms with van der Waals surface area (Å²) < 4.78 is 0. The SMILES string of the molecule is Cc1cc(C)cc(C2CCCN2C(=O)CCc2ccccc2)c1. The summed E-state index contributed by atoms with van der Waals surface area (Å²) in [5.74, 6) is 0.288. The highest BCUT2D eigenvalue weighted by molar-refractivity contribution is 5.77. The minimum absolute atomic E-state index is 0.261. The first-order valence-corrected chi connectivity index (χ1v) is 8.55. The van der Waals surface area contributed by atoms with E-state index < -0.39 is 0 Å². The van der Waals surface area contributed by atoms with E-state index in [1.165, 1.54) is 22.3 Å². The molecule has 2 aromatic carbocycles. The quantitative estimate of drug-likeness (QED) is 0.808. The van der Waals surface area contributed by atoms with Gasteiger partial charge in [-0.1, -0.05) is 59.7 Å². The summed E-state index contributed by atoms with van der Waals surface area (Å²) in [4.78, 5) is 14.8. The van der Waals surface area contributed by atoms with Crippen molar-refractivity contribution in [2.24, 2.45) is 0 Å². The summed E-state index contributed by atoms with van der Waals surface area (Å²) in [6.45, 7) is 5.16. The van der Waals surface area contributed by atoms with Crippen molar-refractivity contribution in [3.63, 3.8) is 0 Å². The Morgan fingerprint density at radius 1 is 1.09 bits per heavy atom. The Labute approximate surface area is 139 Å². The molecule has 2 nitrogen and oxygen atoms in total. The van der Waals surface area contributed by atoms with Crippen LogP contribution in [0.2, 0.25) is 0 Å². The third-order valence-corrected chi connectivity index (χ3v) is 4.67. The Kier molecular flexibility index (Phi) is 4.80. The van der Waals surface area contributed by atoms with Gasteiger partial charge < -0.3 is 4.90 Å². The molecule has 0 spiro atoms. The Morgan fingerprint density at radius 2 is 1.78 bits per heavy atom. The molecule has 1 heterocycles. The predicted molar refractivity (Wildman–Crippen MR) is 94.4 cm³/mol. The van der Waals surface area contributed by atoms with Gasteiger partial charge in [0.05, 0.1) is 6.04 Å². The molecule has 0 saturated carbocycles. The van der Waals surface area contributed by atoms with E-state index in [-0.39, 0.29) is 11.9 Å². The lowest BCUT2D eigenvalue weighted by Crippen LogP contribution is -2.30. The highest BCUT2D eigenvalue weighted by atomic mass is 16.2. The topological polar surface area (TPSA) is 20.3 Å². The number of hydrogen-bond acceptors (Lipinski definition) is 1. The van der Waals surface area contributed by atoms with Crippen LogP contribution in [0.3, 0.4) is 0 Å². The minimum atomic E-state index is 0.261. The summed E-state index contributed by atoms with van der Waals surface area (Å²) >= 11 is 0. The monoisotopic (exact) mass is 307 g/mol. The van der Waals surface area contributed by atoms with E-state index in [1.54, 1.807) is 0 Å². The average Bonchev–Trinajstić information content (AvgIpc) is 3.02. The zero-order valence-electron chi connectivity index (χ0n) is 14.1. The summed E-state index contributed by atoms with van der Waals surface area (Å²) in [5, 5.41) is 0. The second kappa shape index (κ2) is 6.99. The maximum absolute atomic E-state index is 12.7. The van der Waals surface area contributed by atoms with Gasteiger partial charge >= 0.3 is 0 Å². The normalized spacial score (nSPS) is 17.5. The van der Waals surface area contributed by atoms with E-state index in [1.807, 2.05) is 18.2 Å². The Hall–Kier alpha value is -2.09. The molecule has 0 radical (unpaired) electrons. The molecule has 3 rings (SSSR count). The van der Waals surface area contributed by atoms with E-state index >= 15 is 0 Å². The maximum Gasteiger partial charge on any atom is 0.223 e. The van der Waals surface area contributed by atoms with Crippen molar-refractivity contribution in [2.45, 2.75) is 45.6 Å². The standard InChI is InChI=1S/C21H25NO/c1-16-13-17(2)15-19(14-16)20-9-6-12-22(20)21(23)11-10-18-7-4-3-5-8-18/h3-5,7-8,13-15,20H,6,9-12H2,1-2H3. The molecule has 23 heavy (non-hydrogen) atoms. The molecule has 1 atom stereocenters. The third kappa shape index (κ3) is 3.82. The molecule has 1 fully saturated rings. The van der Waals surface area contributed by atoms with E-state index in [4.69, 9.17) is 0 Å². The first-order valence-electron chi connectivity index (χ1n) is 8.55. The van der Waals surface area contributed by atoms with Crippen molar-refractivity contribution in [3.05, 3.63) is 70.8 Å². The largest absolute Gasteiger partial charge is 0.336 e. The fourth-order valence-electron chi connectivity index (χ4n) is 3.65. The van der Waals surface area contributed by atoms with Gasteiger partial charge in [-0.05, 0) is 44.2 Å². The van der Waals surface area contributed by atoms with Gasteiger partial charge in [-0.3, -0.25) is 4.79 Å². The minimum Gasteiger partial charge on any atom is -0.336 e. The molecule has 0 aromatic heterocycles. The second-order valence-corrected chi connectivity index (χ2v) is 6.65. The fourth-order valence-corrected chi connectivity index (χ4v) is 3.65. The molecule has 1 aliphatic rings. The molecular formula is C21H25NO. The van der Waals surface area contributed by atoms with Gasteiger partial charge in [0.1, 0.15) is 0 Å². The molecule has 1 aliphatic heterocycles. The Bertz CT molecular complexity index is 657. The molecule has 1 unspecified atom stereocenters. The first-order chi connectivity index (χ1) is 11.1. The van der Waals surface area contributed by atoms with Crippen LogP contribution in [-0.4, -0.2) is 17.4 Å². The van der Waals surface area contributed by atoms with Crippen LogP contribution in [0.1, 0.15) is 47.6 Å². The smallest absolute Gasteiger partial charge is 0.223 e. The average molecular weight is 307 g/mol. The van der Waals surface area contributed by atoms with Gasteiger partial charge in [0.25, 0.3) is 0 Å². The van der Waals surface area contributed by atoms with Crippen LogP contribution < -0.4 is 0 Å². The van der Waals surface area contributed by atoms with E-state index in [2.05, 4.69) is 49.1 Å². The van der Waals surface area contributed by atoms with Crippen LogP contribution >= 0.6 is 0 Å². The highest BCUT2D eigenvalue weighted by Gasteiger charge is 2.29.